The van der Waals surface area contributed by atoms with Crippen LogP contribution in [0, 0.1) is 5.92 Å². The number of hydrogen-bond donors (Lipinski definition) is 1. The van der Waals surface area contributed by atoms with Crippen LogP contribution in [0.4, 0.5) is 5.95 Å². The molecule has 4 heterocycles. The first-order chi connectivity index (χ1) is 16.8. The van der Waals surface area contributed by atoms with Crippen LogP contribution in [0.3, 0.4) is 0 Å². The van der Waals surface area contributed by atoms with E-state index in [-0.39, 0.29) is 17.7 Å². The van der Waals surface area contributed by atoms with Gasteiger partial charge in [-0.05, 0) is 19.4 Å². The Bertz CT molecular complexity index is 1250. The highest BCUT2D eigenvalue weighted by atomic mass is 35.5. The Hall–Kier alpha value is -2.87. The molecule has 1 fully saturated rings. The molecule has 0 aromatic carbocycles. The highest BCUT2D eigenvalue weighted by Crippen LogP contribution is 2.28. The van der Waals surface area contributed by atoms with Crippen molar-refractivity contribution in [3.63, 3.8) is 0 Å². The summed E-state index contributed by atoms with van der Waals surface area (Å²) in [5.74, 6) is 1.24. The third-order valence-corrected chi connectivity index (χ3v) is 7.56. The van der Waals surface area contributed by atoms with E-state index < -0.39 is 21.4 Å². The minimum absolute atomic E-state index is 0.0650. The van der Waals surface area contributed by atoms with Crippen molar-refractivity contribution in [2.45, 2.75) is 31.2 Å². The van der Waals surface area contributed by atoms with Crippen molar-refractivity contribution in [3.05, 3.63) is 41.4 Å². The number of hydrogen-bond acceptors (Lipinski definition) is 10. The molecular formula is C21H26ClN7O5S. The number of halogens is 1. The SMILES string of the molecule is COc1cccc(-c2nnc(NS(=O)(=O)[C@@H](C)[C@H](OC)c3ncc(Cl)cn3)n2CC2CCOC2)n1. The molecule has 0 aliphatic carbocycles. The quantitative estimate of drug-likeness (QED) is 0.420. The van der Waals surface area contributed by atoms with E-state index in [4.69, 9.17) is 25.8 Å². The molecule has 14 heteroatoms. The maximum atomic E-state index is 13.4. The number of rotatable bonds is 10. The molecule has 1 saturated heterocycles. The Kier molecular flexibility index (Phi) is 7.79. The van der Waals surface area contributed by atoms with Crippen molar-refractivity contribution in [1.29, 1.82) is 0 Å². The molecule has 0 radical (unpaired) electrons. The van der Waals surface area contributed by atoms with Gasteiger partial charge in [-0.25, -0.2) is 23.4 Å². The maximum Gasteiger partial charge on any atom is 0.240 e. The van der Waals surface area contributed by atoms with E-state index >= 15 is 0 Å². The summed E-state index contributed by atoms with van der Waals surface area (Å²) in [6.07, 6.45) is 2.67. The average molecular weight is 524 g/mol. The summed E-state index contributed by atoms with van der Waals surface area (Å²) in [7, 11) is -1.10. The van der Waals surface area contributed by atoms with Gasteiger partial charge >= 0.3 is 0 Å². The fourth-order valence-corrected chi connectivity index (χ4v) is 4.99. The predicted octanol–water partition coefficient (Wildman–Crippen LogP) is 2.35. The molecule has 188 valence electrons. The van der Waals surface area contributed by atoms with E-state index in [1.807, 2.05) is 0 Å². The lowest BCUT2D eigenvalue weighted by molar-refractivity contribution is 0.0950. The minimum Gasteiger partial charge on any atom is -0.481 e. The standard InChI is InChI=1S/C21H26ClN7O5S/c1-13(18(33-3)19-23-9-15(22)10-24-19)35(30,31)28-21-27-26-20(16-5-4-6-17(25-16)32-2)29(21)11-14-7-8-34-12-14/h4-6,9-10,13-14,18H,7-8,11-12H2,1-3H3,(H,27,28)/t13-,14?,18-/m0/s1. The number of methoxy groups -OCH3 is 2. The van der Waals surface area contributed by atoms with Crippen LogP contribution in [0.5, 0.6) is 5.88 Å². The highest BCUT2D eigenvalue weighted by Gasteiger charge is 2.34. The molecule has 0 amide bonds. The monoisotopic (exact) mass is 523 g/mol. The summed E-state index contributed by atoms with van der Waals surface area (Å²) in [6.45, 7) is 3.16. The van der Waals surface area contributed by atoms with Crippen LogP contribution in [0.15, 0.2) is 30.6 Å². The Labute approximate surface area is 208 Å². The number of aromatic nitrogens is 6. The zero-order valence-corrected chi connectivity index (χ0v) is 21.0. The zero-order chi connectivity index (χ0) is 25.0. The van der Waals surface area contributed by atoms with Gasteiger partial charge in [0, 0.05) is 44.6 Å². The van der Waals surface area contributed by atoms with Crippen molar-refractivity contribution in [1.82, 2.24) is 29.7 Å². The van der Waals surface area contributed by atoms with Crippen LogP contribution in [-0.2, 0) is 26.0 Å². The summed E-state index contributed by atoms with van der Waals surface area (Å²) in [4.78, 5) is 12.6. The number of nitrogens with zero attached hydrogens (tertiary/aromatic N) is 6. The van der Waals surface area contributed by atoms with Crippen LogP contribution >= 0.6 is 11.6 Å². The van der Waals surface area contributed by atoms with E-state index in [1.54, 1.807) is 22.8 Å². The predicted molar refractivity (Wildman–Crippen MR) is 128 cm³/mol. The van der Waals surface area contributed by atoms with Crippen LogP contribution in [-0.4, -0.2) is 70.8 Å². The highest BCUT2D eigenvalue weighted by molar-refractivity contribution is 7.93. The summed E-state index contributed by atoms with van der Waals surface area (Å²) in [5, 5.41) is 7.65. The molecule has 1 aliphatic heterocycles. The molecule has 3 aromatic rings. The lowest BCUT2D eigenvalue weighted by atomic mass is 10.1. The maximum absolute atomic E-state index is 13.4. The second-order valence-corrected chi connectivity index (χ2v) is 10.5. The fraction of sp³-hybridized carbons (Fsp3) is 0.476. The first-order valence-corrected chi connectivity index (χ1v) is 12.8. The summed E-state index contributed by atoms with van der Waals surface area (Å²) in [5.41, 5.74) is 0.499. The van der Waals surface area contributed by atoms with Gasteiger partial charge in [0.1, 0.15) is 17.0 Å². The largest absolute Gasteiger partial charge is 0.481 e. The van der Waals surface area contributed by atoms with Crippen molar-refractivity contribution in [2.24, 2.45) is 5.92 Å². The average Bonchev–Trinajstić information content (AvgIpc) is 3.51. The van der Waals surface area contributed by atoms with Gasteiger partial charge in [0.05, 0.1) is 18.7 Å². The molecular weight excluding hydrogens is 498 g/mol. The molecule has 1 aliphatic rings. The number of sulfonamides is 1. The molecule has 0 saturated carbocycles. The van der Waals surface area contributed by atoms with Gasteiger partial charge in [-0.15, -0.1) is 10.2 Å². The first kappa shape index (κ1) is 25.2. The number of ether oxygens (including phenoxy) is 3. The molecule has 1 unspecified atom stereocenters. The summed E-state index contributed by atoms with van der Waals surface area (Å²) >= 11 is 5.86. The van der Waals surface area contributed by atoms with Gasteiger partial charge in [-0.2, -0.15) is 0 Å². The van der Waals surface area contributed by atoms with Crippen molar-refractivity contribution < 1.29 is 22.6 Å². The molecule has 4 rings (SSSR count). The van der Waals surface area contributed by atoms with E-state index in [0.717, 1.165) is 6.42 Å². The van der Waals surface area contributed by atoms with Crippen LogP contribution in [0.2, 0.25) is 5.02 Å². The molecule has 12 nitrogen and oxygen atoms in total. The topological polar surface area (TPSA) is 143 Å². The first-order valence-electron chi connectivity index (χ1n) is 10.9. The van der Waals surface area contributed by atoms with Gasteiger partial charge in [0.15, 0.2) is 11.6 Å². The second kappa shape index (κ2) is 10.8. The van der Waals surface area contributed by atoms with Gasteiger partial charge in [-0.1, -0.05) is 17.7 Å². The smallest absolute Gasteiger partial charge is 0.240 e. The Morgan fingerprint density at radius 1 is 1.26 bits per heavy atom. The molecule has 0 bridgehead atoms. The van der Waals surface area contributed by atoms with E-state index in [2.05, 4.69) is 29.9 Å². The molecule has 3 aromatic heterocycles. The van der Waals surface area contributed by atoms with Gasteiger partial charge in [0.25, 0.3) is 0 Å². The van der Waals surface area contributed by atoms with Crippen molar-refractivity contribution in [3.8, 4) is 17.4 Å². The summed E-state index contributed by atoms with van der Waals surface area (Å²) < 4.78 is 47.2. The van der Waals surface area contributed by atoms with Crippen LogP contribution in [0.1, 0.15) is 25.3 Å². The van der Waals surface area contributed by atoms with E-state index in [1.165, 1.54) is 33.5 Å². The Morgan fingerprint density at radius 3 is 2.69 bits per heavy atom. The van der Waals surface area contributed by atoms with Gasteiger partial charge < -0.3 is 14.2 Å². The van der Waals surface area contributed by atoms with Gasteiger partial charge in [0.2, 0.25) is 21.9 Å². The molecule has 35 heavy (non-hydrogen) atoms. The van der Waals surface area contributed by atoms with E-state index in [9.17, 15) is 8.42 Å². The minimum atomic E-state index is -4.01. The van der Waals surface area contributed by atoms with Crippen molar-refractivity contribution >= 4 is 27.6 Å². The van der Waals surface area contributed by atoms with Crippen LogP contribution in [0.25, 0.3) is 11.5 Å². The second-order valence-electron chi connectivity index (χ2n) is 8.02. The lowest BCUT2D eigenvalue weighted by Crippen LogP contribution is -2.33. The number of anilines is 1. The molecule has 0 spiro atoms. The van der Waals surface area contributed by atoms with E-state index in [0.29, 0.717) is 42.2 Å². The molecule has 1 N–H and O–H groups in total. The lowest BCUT2D eigenvalue weighted by Gasteiger charge is -2.22. The number of nitrogens with one attached hydrogen (secondary N) is 1. The normalized spacial score (nSPS) is 17.8. The Morgan fingerprint density at radius 2 is 2.03 bits per heavy atom. The van der Waals surface area contributed by atoms with Gasteiger partial charge in [-0.3, -0.25) is 9.29 Å². The molecule has 3 atom stereocenters. The summed E-state index contributed by atoms with van der Waals surface area (Å²) in [6, 6.07) is 5.25. The fourth-order valence-electron chi connectivity index (χ4n) is 3.74. The number of pyridine rings is 1. The Balaban J connectivity index is 1.66. The van der Waals surface area contributed by atoms with Crippen LogP contribution < -0.4 is 9.46 Å². The zero-order valence-electron chi connectivity index (χ0n) is 19.5. The third kappa shape index (κ3) is 5.69. The third-order valence-electron chi connectivity index (χ3n) is 5.68. The van der Waals surface area contributed by atoms with Crippen molar-refractivity contribution in [2.75, 3.05) is 32.2 Å².